The van der Waals surface area contributed by atoms with Crippen molar-refractivity contribution in [1.82, 2.24) is 0 Å². The van der Waals surface area contributed by atoms with Crippen molar-refractivity contribution in [3.63, 3.8) is 0 Å². The van der Waals surface area contributed by atoms with Gasteiger partial charge in [-0.1, -0.05) is 24.6 Å². The van der Waals surface area contributed by atoms with Gasteiger partial charge in [0.1, 0.15) is 6.61 Å². The molecule has 1 aliphatic heterocycles. The van der Waals surface area contributed by atoms with Gasteiger partial charge in [-0.15, -0.1) is 0 Å². The molecular formula is C24H31FO6. The average Bonchev–Trinajstić information content (AvgIpc) is 3.09. The summed E-state index contributed by atoms with van der Waals surface area (Å²) in [6.07, 6.45) is 3.97. The summed E-state index contributed by atoms with van der Waals surface area (Å²) in [6, 6.07) is 0. The number of Topliss-reactive ketones (excluding diaryl/α,β-unsaturated/α-hetero) is 1. The van der Waals surface area contributed by atoms with Crippen molar-refractivity contribution in [2.24, 2.45) is 22.7 Å². The molecule has 6 nitrogen and oxygen atoms in total. The number of hydrogen-bond acceptors (Lipinski definition) is 6. The van der Waals surface area contributed by atoms with E-state index in [2.05, 4.69) is 0 Å². The van der Waals surface area contributed by atoms with Crippen LogP contribution < -0.4 is 0 Å². The largest absolute Gasteiger partial charge is 0.390 e. The predicted molar refractivity (Wildman–Crippen MR) is 109 cm³/mol. The van der Waals surface area contributed by atoms with Crippen LogP contribution in [0, 0.1) is 22.7 Å². The number of halogens is 1. The first-order chi connectivity index (χ1) is 14.4. The van der Waals surface area contributed by atoms with Gasteiger partial charge in [0.25, 0.3) is 0 Å². The van der Waals surface area contributed by atoms with Gasteiger partial charge in [-0.2, -0.15) is 0 Å². The van der Waals surface area contributed by atoms with E-state index in [1.165, 1.54) is 6.08 Å². The molecular weight excluding hydrogens is 403 g/mol. The van der Waals surface area contributed by atoms with E-state index in [1.807, 2.05) is 13.0 Å². The van der Waals surface area contributed by atoms with Crippen molar-refractivity contribution in [3.05, 3.63) is 23.8 Å². The summed E-state index contributed by atoms with van der Waals surface area (Å²) < 4.78 is 29.5. The fourth-order valence-electron chi connectivity index (χ4n) is 7.83. The number of hydrogen-bond donors (Lipinski definition) is 2. The van der Waals surface area contributed by atoms with Crippen LogP contribution in [0.4, 0.5) is 4.39 Å². The van der Waals surface area contributed by atoms with E-state index in [1.54, 1.807) is 26.8 Å². The molecule has 2 saturated carbocycles. The van der Waals surface area contributed by atoms with E-state index < -0.39 is 58.4 Å². The Kier molecular flexibility index (Phi) is 4.24. The molecule has 1 unspecified atom stereocenters. The lowest BCUT2D eigenvalue weighted by molar-refractivity contribution is -0.243. The number of ketones is 2. The molecule has 0 aromatic rings. The van der Waals surface area contributed by atoms with E-state index in [9.17, 15) is 19.8 Å². The van der Waals surface area contributed by atoms with Gasteiger partial charge in [-0.05, 0) is 52.0 Å². The molecule has 8 atom stereocenters. The van der Waals surface area contributed by atoms with Gasteiger partial charge in [0, 0.05) is 23.2 Å². The standard InChI is InChI=1S/C24H31FO6/c1-20(2)30-19-10-16-15-6-5-13-9-14(27)7-8-21(13,3)23(15,25)17(28)11-22(16,4)24(19,31-20)18(29)12-26/h5,7-8,15-17,19,26,28H,6,9-12H2,1-4H3/t15-,16-,17-,19+,21-,22-,23?,24+/m0/s1. The summed E-state index contributed by atoms with van der Waals surface area (Å²) in [5.74, 6) is -2.42. The molecule has 0 aromatic heterocycles. The van der Waals surface area contributed by atoms with Crippen LogP contribution in [0.3, 0.4) is 0 Å². The van der Waals surface area contributed by atoms with Gasteiger partial charge >= 0.3 is 0 Å². The van der Waals surface area contributed by atoms with Crippen molar-refractivity contribution in [3.8, 4) is 0 Å². The number of carbonyl (C=O) groups excluding carboxylic acids is 2. The minimum absolute atomic E-state index is 0.0109. The molecule has 3 fully saturated rings. The summed E-state index contributed by atoms with van der Waals surface area (Å²) >= 11 is 0. The van der Waals surface area contributed by atoms with Crippen molar-refractivity contribution in [1.29, 1.82) is 0 Å². The van der Waals surface area contributed by atoms with Crippen LogP contribution in [0.15, 0.2) is 23.8 Å². The van der Waals surface area contributed by atoms with E-state index in [0.29, 0.717) is 12.8 Å². The van der Waals surface area contributed by atoms with Gasteiger partial charge in [0.05, 0.1) is 12.2 Å². The Morgan fingerprint density at radius 2 is 1.97 bits per heavy atom. The molecule has 0 aromatic carbocycles. The van der Waals surface area contributed by atoms with E-state index in [-0.39, 0.29) is 24.5 Å². The Morgan fingerprint density at radius 3 is 2.65 bits per heavy atom. The normalized spacial score (nSPS) is 52.1. The second-order valence-electron chi connectivity index (χ2n) is 10.9. The van der Waals surface area contributed by atoms with E-state index >= 15 is 4.39 Å². The van der Waals surface area contributed by atoms with E-state index in [4.69, 9.17) is 9.47 Å². The molecule has 0 bridgehead atoms. The van der Waals surface area contributed by atoms with Crippen LogP contribution in [-0.4, -0.2) is 57.7 Å². The first-order valence-electron chi connectivity index (χ1n) is 11.2. The van der Waals surface area contributed by atoms with Crippen LogP contribution in [0.1, 0.15) is 53.4 Å². The fraction of sp³-hybridized carbons (Fsp3) is 0.750. The third-order valence-electron chi connectivity index (χ3n) is 9.16. The second-order valence-corrected chi connectivity index (χ2v) is 10.9. The maximum absolute atomic E-state index is 17.1. The Morgan fingerprint density at radius 1 is 1.26 bits per heavy atom. The van der Waals surface area contributed by atoms with Crippen LogP contribution >= 0.6 is 0 Å². The summed E-state index contributed by atoms with van der Waals surface area (Å²) in [5.41, 5.74) is -4.68. The summed E-state index contributed by atoms with van der Waals surface area (Å²) in [5, 5.41) is 21.2. The molecule has 1 saturated heterocycles. The first kappa shape index (κ1) is 21.4. The van der Waals surface area contributed by atoms with Gasteiger partial charge in [0.15, 0.2) is 28.6 Å². The van der Waals surface area contributed by atoms with Crippen molar-refractivity contribution in [2.45, 2.75) is 82.6 Å². The topological polar surface area (TPSA) is 93.1 Å². The highest BCUT2D eigenvalue weighted by Gasteiger charge is 2.79. The Hall–Kier alpha value is -1.41. The number of ether oxygens (including phenoxy) is 2. The summed E-state index contributed by atoms with van der Waals surface area (Å²) in [6.45, 7) is 6.40. The van der Waals surface area contributed by atoms with Gasteiger partial charge < -0.3 is 19.7 Å². The Labute approximate surface area is 181 Å². The molecule has 7 heteroatoms. The number of allylic oxidation sites excluding steroid dienone is 4. The highest BCUT2D eigenvalue weighted by Crippen LogP contribution is 2.71. The minimum atomic E-state index is -1.98. The number of aliphatic hydroxyl groups excluding tert-OH is 2. The highest BCUT2D eigenvalue weighted by atomic mass is 19.1. The van der Waals surface area contributed by atoms with E-state index in [0.717, 1.165) is 5.57 Å². The lowest BCUT2D eigenvalue weighted by Crippen LogP contribution is -2.69. The summed E-state index contributed by atoms with van der Waals surface area (Å²) in [4.78, 5) is 25.1. The third kappa shape index (κ3) is 2.31. The fourth-order valence-corrected chi connectivity index (χ4v) is 7.83. The van der Waals surface area contributed by atoms with Crippen molar-refractivity contribution in [2.75, 3.05) is 6.61 Å². The van der Waals surface area contributed by atoms with Crippen LogP contribution in [0.5, 0.6) is 0 Å². The molecule has 170 valence electrons. The van der Waals surface area contributed by atoms with Crippen LogP contribution in [0.2, 0.25) is 0 Å². The zero-order chi connectivity index (χ0) is 22.6. The molecule has 1 heterocycles. The molecule has 0 radical (unpaired) electrons. The van der Waals surface area contributed by atoms with Crippen LogP contribution in [-0.2, 0) is 19.1 Å². The predicted octanol–water partition coefficient (Wildman–Crippen LogP) is 2.42. The molecule has 4 aliphatic carbocycles. The van der Waals surface area contributed by atoms with Gasteiger partial charge in [-0.25, -0.2) is 4.39 Å². The lowest BCUT2D eigenvalue weighted by atomic mass is 9.45. The monoisotopic (exact) mass is 434 g/mol. The smallest absolute Gasteiger partial charge is 0.193 e. The molecule has 31 heavy (non-hydrogen) atoms. The third-order valence-corrected chi connectivity index (χ3v) is 9.16. The van der Waals surface area contributed by atoms with Crippen molar-refractivity contribution < 1.29 is 33.7 Å². The molecule has 2 N–H and O–H groups in total. The van der Waals surface area contributed by atoms with Crippen LogP contribution in [0.25, 0.3) is 0 Å². The maximum atomic E-state index is 17.1. The lowest BCUT2D eigenvalue weighted by Gasteiger charge is -2.62. The average molecular weight is 435 g/mol. The Balaban J connectivity index is 1.65. The van der Waals surface area contributed by atoms with Gasteiger partial charge in [0.2, 0.25) is 0 Å². The number of fused-ring (bicyclic) bond motifs is 7. The van der Waals surface area contributed by atoms with Crippen molar-refractivity contribution >= 4 is 11.6 Å². The second kappa shape index (κ2) is 6.13. The quantitative estimate of drug-likeness (QED) is 0.649. The number of rotatable bonds is 2. The first-order valence-corrected chi connectivity index (χ1v) is 11.2. The molecule has 5 aliphatic rings. The number of alkyl halides is 1. The summed E-state index contributed by atoms with van der Waals surface area (Å²) in [7, 11) is 0. The molecule has 0 amide bonds. The molecule has 0 spiro atoms. The highest BCUT2D eigenvalue weighted by molar-refractivity contribution is 5.94. The Bertz CT molecular complexity index is 925. The zero-order valence-corrected chi connectivity index (χ0v) is 18.5. The van der Waals surface area contributed by atoms with Gasteiger partial charge in [-0.3, -0.25) is 9.59 Å². The number of aliphatic hydroxyl groups is 2. The maximum Gasteiger partial charge on any atom is 0.193 e. The molecule has 5 rings (SSSR count). The number of carbonyl (C=O) groups is 2. The zero-order valence-electron chi connectivity index (χ0n) is 18.5. The minimum Gasteiger partial charge on any atom is -0.390 e. The SMILES string of the molecule is CC1(C)O[C@@H]2C[C@H]3[C@@H]4CC=C5CC(=O)C=C[C@]5(C)C4(F)[C@@H](O)C[C@]3(C)[C@]2(C(=O)CO)O1.